The molecule has 2 aromatic rings. The Morgan fingerprint density at radius 1 is 1.35 bits per heavy atom. The number of unbranched alkanes of at least 4 members (excludes halogenated alkanes) is 1. The summed E-state index contributed by atoms with van der Waals surface area (Å²) in [6, 6.07) is 0. The monoisotopic (exact) mass is 341 g/mol. The first kappa shape index (κ1) is 17.4. The van der Waals surface area contributed by atoms with Gasteiger partial charge in [0.05, 0.1) is 12.4 Å². The summed E-state index contributed by atoms with van der Waals surface area (Å²) in [5.74, 6) is 0. The third kappa shape index (κ3) is 5.66. The van der Waals surface area contributed by atoms with E-state index in [4.69, 9.17) is 4.84 Å². The van der Waals surface area contributed by atoms with Crippen LogP contribution in [-0.4, -0.2) is 62.4 Å². The molecule has 0 aliphatic heterocycles. The number of aromatic nitrogens is 4. The maximum atomic E-state index is 11.3. The van der Waals surface area contributed by atoms with Gasteiger partial charge in [0.15, 0.2) is 0 Å². The van der Waals surface area contributed by atoms with E-state index in [1.807, 2.05) is 20.3 Å². The fraction of sp³-hybridized carbons (Fsp3) is 0.615. The van der Waals surface area contributed by atoms with Crippen LogP contribution in [0.2, 0.25) is 0 Å². The van der Waals surface area contributed by atoms with E-state index in [0.29, 0.717) is 24.1 Å². The molecule has 0 aliphatic carbocycles. The maximum Gasteiger partial charge on any atom is 0.219 e. The average Bonchev–Trinajstić information content (AvgIpc) is 3.08. The van der Waals surface area contributed by atoms with E-state index in [1.165, 1.54) is 4.85 Å². The Labute approximate surface area is 137 Å². The zero-order valence-corrected chi connectivity index (χ0v) is 14.5. The van der Waals surface area contributed by atoms with E-state index in [0.717, 1.165) is 24.9 Å². The molecule has 0 spiro atoms. The standard InChI is InChI=1S/C13H23N7O2S/c1-14-12-13(18-23(21)17-12)15-6-4-5-7-22-20-10-11(8-16-20)9-19(2)3/h8,10H,4-7,9H2,1-3H3,(H,14,17)(H,15,18). The first-order chi connectivity index (χ1) is 11.1. The maximum absolute atomic E-state index is 11.3. The number of hydrogen-bond donors (Lipinski definition) is 2. The molecule has 2 rings (SSSR count). The molecule has 0 bridgehead atoms. The highest BCUT2D eigenvalue weighted by Gasteiger charge is 2.01. The Morgan fingerprint density at radius 2 is 2.13 bits per heavy atom. The third-order valence-corrected chi connectivity index (χ3v) is 3.74. The summed E-state index contributed by atoms with van der Waals surface area (Å²) in [6.07, 6.45) is 5.40. The van der Waals surface area contributed by atoms with Gasteiger partial charge >= 0.3 is 0 Å². The van der Waals surface area contributed by atoms with E-state index < -0.39 is 11.1 Å². The predicted octanol–water partition coefficient (Wildman–Crippen LogP) is -0.331. The summed E-state index contributed by atoms with van der Waals surface area (Å²) < 4.78 is 16.7. The molecule has 0 saturated carbocycles. The molecule has 0 amide bonds. The number of nitrogens with zero attached hydrogens (tertiary/aromatic N) is 5. The van der Waals surface area contributed by atoms with Crippen molar-refractivity contribution >= 4 is 11.1 Å². The Kier molecular flexibility index (Phi) is 6.56. The van der Waals surface area contributed by atoms with Gasteiger partial charge in [-0.05, 0) is 26.9 Å². The van der Waals surface area contributed by atoms with Gasteiger partial charge in [-0.15, -0.1) is 9.94 Å². The van der Waals surface area contributed by atoms with Gasteiger partial charge in [-0.1, -0.05) is 0 Å². The van der Waals surface area contributed by atoms with Crippen molar-refractivity contribution in [3.63, 3.8) is 0 Å². The molecular weight excluding hydrogens is 318 g/mol. The summed E-state index contributed by atoms with van der Waals surface area (Å²) in [6.45, 7) is 2.03. The van der Waals surface area contributed by atoms with Crippen LogP contribution in [0.1, 0.15) is 18.4 Å². The lowest BCUT2D eigenvalue weighted by Gasteiger charge is -2.06. The molecule has 23 heavy (non-hydrogen) atoms. The molecule has 0 saturated heterocycles. The predicted molar refractivity (Wildman–Crippen MR) is 86.0 cm³/mol. The SMILES string of the molecule is CN=c1[nH][s+]([O-])[nH]c1=NCCCCOn1cc(CN(C)C)cn1. The lowest BCUT2D eigenvalue weighted by molar-refractivity contribution is 0.0797. The summed E-state index contributed by atoms with van der Waals surface area (Å²) in [5, 5.41) is 4.15. The molecule has 0 aliphatic rings. The summed E-state index contributed by atoms with van der Waals surface area (Å²) in [7, 11) is 5.65. The van der Waals surface area contributed by atoms with Crippen molar-refractivity contribution in [3.8, 4) is 0 Å². The molecule has 10 heteroatoms. The fourth-order valence-corrected chi connectivity index (χ4v) is 2.73. The minimum atomic E-state index is -1.32. The van der Waals surface area contributed by atoms with Crippen LogP contribution in [0.15, 0.2) is 22.4 Å². The quantitative estimate of drug-likeness (QED) is 0.506. The van der Waals surface area contributed by atoms with Crippen LogP contribution in [0, 0.1) is 0 Å². The first-order valence-electron chi connectivity index (χ1n) is 7.36. The lowest BCUT2D eigenvalue weighted by Crippen LogP contribution is -2.25. The van der Waals surface area contributed by atoms with Gasteiger partial charge in [-0.3, -0.25) is 9.98 Å². The van der Waals surface area contributed by atoms with E-state index >= 15 is 0 Å². The van der Waals surface area contributed by atoms with Crippen molar-refractivity contribution in [1.29, 1.82) is 0 Å². The van der Waals surface area contributed by atoms with Gasteiger partial charge in [0.1, 0.15) is 17.7 Å². The third-order valence-electron chi connectivity index (χ3n) is 2.99. The van der Waals surface area contributed by atoms with Crippen molar-refractivity contribution in [1.82, 2.24) is 23.6 Å². The van der Waals surface area contributed by atoms with E-state index in [2.05, 4.69) is 28.7 Å². The molecule has 0 aromatic carbocycles. The van der Waals surface area contributed by atoms with Gasteiger partial charge in [0.25, 0.3) is 0 Å². The van der Waals surface area contributed by atoms with Crippen LogP contribution in [0.25, 0.3) is 0 Å². The molecule has 0 radical (unpaired) electrons. The number of rotatable bonds is 8. The number of hydrogen-bond acceptors (Lipinski definition) is 6. The summed E-state index contributed by atoms with van der Waals surface area (Å²) >= 11 is -1.32. The molecule has 2 heterocycles. The van der Waals surface area contributed by atoms with E-state index in [9.17, 15) is 4.55 Å². The fourth-order valence-electron chi connectivity index (χ4n) is 1.98. The Hall–Kier alpha value is -1.91. The summed E-state index contributed by atoms with van der Waals surface area (Å²) in [4.78, 5) is 17.4. The Balaban J connectivity index is 1.71. The van der Waals surface area contributed by atoms with Gasteiger partial charge in [-0.2, -0.15) is 8.75 Å². The number of aromatic amines is 2. The highest BCUT2D eigenvalue weighted by atomic mass is 32.2. The van der Waals surface area contributed by atoms with Crippen molar-refractivity contribution in [2.75, 3.05) is 34.3 Å². The van der Waals surface area contributed by atoms with Crippen LogP contribution >= 0.6 is 11.1 Å². The molecule has 1 atom stereocenters. The van der Waals surface area contributed by atoms with Crippen molar-refractivity contribution in [2.45, 2.75) is 19.4 Å². The van der Waals surface area contributed by atoms with E-state index in [1.54, 1.807) is 13.2 Å². The highest BCUT2D eigenvalue weighted by molar-refractivity contribution is 7.13. The molecule has 2 N–H and O–H groups in total. The second-order valence-electron chi connectivity index (χ2n) is 5.30. The summed E-state index contributed by atoms with van der Waals surface area (Å²) in [5.41, 5.74) is 2.19. The van der Waals surface area contributed by atoms with Crippen LogP contribution < -0.4 is 15.8 Å². The molecule has 9 nitrogen and oxygen atoms in total. The second-order valence-corrected chi connectivity index (χ2v) is 6.25. The smallest absolute Gasteiger partial charge is 0.219 e. The van der Waals surface area contributed by atoms with Crippen LogP contribution in [-0.2, 0) is 6.54 Å². The van der Waals surface area contributed by atoms with Gasteiger partial charge in [0.2, 0.25) is 11.0 Å². The van der Waals surface area contributed by atoms with Crippen LogP contribution in [0.3, 0.4) is 0 Å². The Morgan fingerprint density at radius 3 is 2.87 bits per heavy atom. The van der Waals surface area contributed by atoms with Crippen molar-refractivity contribution < 1.29 is 9.39 Å². The normalized spacial score (nSPS) is 14.0. The van der Waals surface area contributed by atoms with Gasteiger partial charge in [-0.25, -0.2) is 0 Å². The van der Waals surface area contributed by atoms with Crippen LogP contribution in [0.4, 0.5) is 0 Å². The minimum absolute atomic E-state index is 0.532. The molecule has 128 valence electrons. The highest BCUT2D eigenvalue weighted by Crippen LogP contribution is 1.99. The second kappa shape index (κ2) is 8.65. The lowest BCUT2D eigenvalue weighted by atomic mass is 10.3. The zero-order valence-electron chi connectivity index (χ0n) is 13.7. The Bertz CT molecular complexity index is 725. The van der Waals surface area contributed by atoms with Crippen molar-refractivity contribution in [2.24, 2.45) is 9.98 Å². The zero-order chi connectivity index (χ0) is 16.7. The molecular formula is C13H23N7O2S. The topological polar surface area (TPSA) is 110 Å². The number of nitrogens with one attached hydrogen (secondary N) is 2. The molecule has 0 fully saturated rings. The van der Waals surface area contributed by atoms with Gasteiger partial charge in [0, 0.05) is 25.7 Å². The van der Waals surface area contributed by atoms with Crippen molar-refractivity contribution in [3.05, 3.63) is 28.9 Å². The van der Waals surface area contributed by atoms with Gasteiger partial charge < -0.3 is 14.3 Å². The van der Waals surface area contributed by atoms with E-state index in [-0.39, 0.29) is 0 Å². The first-order valence-corrected chi connectivity index (χ1v) is 8.51. The largest absolute Gasteiger partial charge is 0.549 e. The molecule has 1 unspecified atom stereocenters. The average molecular weight is 341 g/mol. The molecule has 2 aromatic heterocycles. The minimum Gasteiger partial charge on any atom is -0.549 e. The number of H-pyrrole nitrogens is 2. The van der Waals surface area contributed by atoms with Crippen LogP contribution in [0.5, 0.6) is 0 Å².